The minimum absolute atomic E-state index is 0.0703. The number of nitrogens with zero attached hydrogens (tertiary/aromatic N) is 1. The molecule has 1 aromatic rings. The molecule has 1 spiro atoms. The second kappa shape index (κ2) is 9.25. The van der Waals surface area contributed by atoms with Crippen LogP contribution in [-0.4, -0.2) is 52.2 Å². The van der Waals surface area contributed by atoms with Crippen molar-refractivity contribution in [1.29, 1.82) is 0 Å². The number of likely N-dealkylation sites (tertiary alicyclic amines) is 1. The van der Waals surface area contributed by atoms with Crippen LogP contribution in [0.15, 0.2) is 29.2 Å². The molecule has 33 heavy (non-hydrogen) atoms. The Labute approximate surface area is 209 Å². The van der Waals surface area contributed by atoms with Crippen LogP contribution in [0.25, 0.3) is 0 Å². The number of nitrogens with one attached hydrogen (secondary N) is 1. The Balaban J connectivity index is 1.35. The third-order valence-electron chi connectivity index (χ3n) is 8.55. The second-order valence-electron chi connectivity index (χ2n) is 10.5. The number of carbonyl (C=O) groups excluding carboxylic acids is 1. The van der Waals surface area contributed by atoms with Crippen molar-refractivity contribution in [1.82, 2.24) is 10.2 Å². The Bertz CT molecular complexity index is 981. The molecule has 0 aromatic heterocycles. The number of hydrogen-bond acceptors (Lipinski definition) is 4. The van der Waals surface area contributed by atoms with Gasteiger partial charge in [0.1, 0.15) is 0 Å². The fourth-order valence-corrected chi connectivity index (χ4v) is 25.1. The summed E-state index contributed by atoms with van der Waals surface area (Å²) in [5.74, 6) is 0.264. The van der Waals surface area contributed by atoms with E-state index < -0.39 is 25.4 Å². The number of piperidine rings is 1. The topological polar surface area (TPSA) is 66.5 Å². The number of benzene rings is 1. The first-order valence-electron chi connectivity index (χ1n) is 12.5. The zero-order valence-electron chi connectivity index (χ0n) is 19.5. The van der Waals surface area contributed by atoms with E-state index in [1.807, 2.05) is 0 Å². The Hall–Kier alpha value is -0.380. The average Bonchev–Trinajstić information content (AvgIpc) is 3.58. The Morgan fingerprint density at radius 3 is 2.33 bits per heavy atom. The van der Waals surface area contributed by atoms with Crippen molar-refractivity contribution in [3.05, 3.63) is 29.3 Å². The van der Waals surface area contributed by atoms with Crippen molar-refractivity contribution >= 4 is 43.0 Å². The Kier molecular flexibility index (Phi) is 6.82. The zero-order valence-corrected chi connectivity index (χ0v) is 23.2. The Morgan fingerprint density at radius 2 is 1.79 bits per heavy atom. The van der Waals surface area contributed by atoms with E-state index >= 15 is 0 Å². The summed E-state index contributed by atoms with van der Waals surface area (Å²) in [5.41, 5.74) is 0.219. The molecule has 1 aromatic carbocycles. The van der Waals surface area contributed by atoms with Crippen LogP contribution in [0.3, 0.4) is 0 Å². The molecule has 4 aliphatic rings. The number of rotatable bonds is 6. The molecule has 8 heteroatoms. The van der Waals surface area contributed by atoms with Gasteiger partial charge in [-0.3, -0.25) is 0 Å². The van der Waals surface area contributed by atoms with Gasteiger partial charge < -0.3 is 0 Å². The van der Waals surface area contributed by atoms with Crippen molar-refractivity contribution in [2.75, 3.05) is 19.6 Å². The zero-order chi connectivity index (χ0) is 23.3. The van der Waals surface area contributed by atoms with Crippen LogP contribution in [0, 0.1) is 5.41 Å². The van der Waals surface area contributed by atoms with Crippen LogP contribution in [0.1, 0.15) is 71.1 Å². The third kappa shape index (κ3) is 4.60. The van der Waals surface area contributed by atoms with Gasteiger partial charge in [-0.25, -0.2) is 0 Å². The quantitative estimate of drug-likeness (QED) is 0.268. The van der Waals surface area contributed by atoms with E-state index in [-0.39, 0.29) is 20.8 Å². The predicted octanol–water partition coefficient (Wildman–Crippen LogP) is 5.39. The molecule has 3 heterocycles. The molecule has 1 aliphatic carbocycles. The summed E-state index contributed by atoms with van der Waals surface area (Å²) in [6.07, 6.45) is 9.96. The minimum atomic E-state index is -3.34. The molecule has 3 aliphatic heterocycles. The Morgan fingerprint density at radius 1 is 1.12 bits per heavy atom. The normalized spacial score (nSPS) is 29.5. The van der Waals surface area contributed by atoms with E-state index in [2.05, 4.69) is 17.1 Å². The standard InChI is InChI=1S/C25H36ClIN2O3S/c1-2-20-4-3-5-22(27(20)33(31,32)21-8-6-19(26)7-9-21)24(10-11-24)18-23(30)29-16-13-25(14-17-29)12-15-28-25/h6-9,20,22,28H,2-5,10-18H2,1H3. The molecule has 0 radical (unpaired) electrons. The van der Waals surface area contributed by atoms with Crippen LogP contribution in [0.2, 0.25) is 5.02 Å². The van der Waals surface area contributed by atoms with Crippen LogP contribution in [-0.2, 0) is 11.8 Å². The monoisotopic (exact) mass is 606 g/mol. The van der Waals surface area contributed by atoms with Crippen molar-refractivity contribution in [3.8, 4) is 0 Å². The van der Waals surface area contributed by atoms with Crippen molar-refractivity contribution < 1.29 is 13.2 Å². The molecule has 3 saturated heterocycles. The van der Waals surface area contributed by atoms with Gasteiger partial charge in [-0.1, -0.05) is 0 Å². The van der Waals surface area contributed by atoms with Crippen LogP contribution in [0.5, 0.6) is 0 Å². The number of alkyl halides is 2. The fraction of sp³-hybridized carbons (Fsp3) is 0.720. The molecule has 5 nitrogen and oxygen atoms in total. The molecule has 2 atom stereocenters. The first-order chi connectivity index (χ1) is 15.8. The van der Waals surface area contributed by atoms with E-state index in [1.165, 1.54) is 6.42 Å². The molecule has 0 bridgehead atoms. The van der Waals surface area contributed by atoms with Crippen LogP contribution < -0.4 is 5.32 Å². The summed E-state index contributed by atoms with van der Waals surface area (Å²) < 4.78 is 28.5. The van der Waals surface area contributed by atoms with E-state index in [0.717, 1.165) is 71.0 Å². The van der Waals surface area contributed by atoms with Gasteiger partial charge in [0.05, 0.1) is 0 Å². The van der Waals surface area contributed by atoms with Gasteiger partial charge >= 0.3 is 210 Å². The summed E-state index contributed by atoms with van der Waals surface area (Å²) in [6.45, 7) is 4.94. The first kappa shape index (κ1) is 24.3. The number of amides is 1. The molecule has 1 N–H and O–H groups in total. The molecule has 1 amide bonds. The van der Waals surface area contributed by atoms with Crippen LogP contribution in [0.4, 0.5) is 0 Å². The number of hydrogen-bond donors (Lipinski definition) is 1. The van der Waals surface area contributed by atoms with Gasteiger partial charge in [-0.15, -0.1) is 0 Å². The van der Waals surface area contributed by atoms with Crippen molar-refractivity contribution in [2.45, 2.75) is 89.4 Å². The van der Waals surface area contributed by atoms with Gasteiger partial charge in [0, 0.05) is 0 Å². The summed E-state index contributed by atoms with van der Waals surface area (Å²) in [5, 5.41) is 4.14. The predicted molar refractivity (Wildman–Crippen MR) is 142 cm³/mol. The maximum absolute atomic E-state index is 14.0. The number of carbonyl (C=O) groups is 1. The molecular weight excluding hydrogens is 571 g/mol. The van der Waals surface area contributed by atoms with Gasteiger partial charge in [0.15, 0.2) is 0 Å². The fourth-order valence-electron chi connectivity index (χ4n) is 6.11. The van der Waals surface area contributed by atoms with E-state index in [4.69, 9.17) is 11.6 Å². The summed E-state index contributed by atoms with van der Waals surface area (Å²) in [7, 11) is -3.34. The van der Waals surface area contributed by atoms with Gasteiger partial charge in [0.2, 0.25) is 0 Å². The molecule has 5 rings (SSSR count). The summed E-state index contributed by atoms with van der Waals surface area (Å²) >= 11 is 3.57. The van der Waals surface area contributed by atoms with Gasteiger partial charge in [-0.05, 0) is 0 Å². The molecule has 1 saturated carbocycles. The van der Waals surface area contributed by atoms with Gasteiger partial charge in [0.25, 0.3) is 0 Å². The van der Waals surface area contributed by atoms with Crippen molar-refractivity contribution in [3.63, 3.8) is 0 Å². The molecular formula is C25H36ClIN2O3S. The van der Waals surface area contributed by atoms with E-state index in [1.54, 1.807) is 24.3 Å². The first-order valence-corrected chi connectivity index (χ1v) is 19.4. The van der Waals surface area contributed by atoms with Crippen LogP contribution >= 0.6 is 30.0 Å². The van der Waals surface area contributed by atoms with E-state index in [9.17, 15) is 13.2 Å². The molecule has 184 valence electrons. The number of halogens is 2. The molecule has 4 fully saturated rings. The average molecular weight is 607 g/mol. The summed E-state index contributed by atoms with van der Waals surface area (Å²) in [4.78, 5) is 15.9. The third-order valence-corrected chi connectivity index (χ3v) is 25.4. The second-order valence-corrected chi connectivity index (χ2v) is 23.1. The summed E-state index contributed by atoms with van der Waals surface area (Å²) in [6, 6.07) is 6.77. The van der Waals surface area contributed by atoms with E-state index in [0.29, 0.717) is 20.3 Å². The van der Waals surface area contributed by atoms with Gasteiger partial charge in [-0.2, -0.15) is 0 Å². The van der Waals surface area contributed by atoms with Crippen molar-refractivity contribution in [2.24, 2.45) is 5.41 Å². The molecule has 2 unspecified atom stereocenters. The maximum atomic E-state index is 14.0. The SMILES string of the molecule is CCC1CCCC(C2(CC(=O)N3CCC4(CCN4)CC3)CC2)I1S(=O)(=O)c1ccc(Cl)cc1.